The van der Waals surface area contributed by atoms with Crippen LogP contribution >= 0.6 is 0 Å². The highest BCUT2D eigenvalue weighted by Gasteiger charge is 2.24. The van der Waals surface area contributed by atoms with Crippen molar-refractivity contribution in [3.8, 4) is 0 Å². The molecule has 3 atom stereocenters. The van der Waals surface area contributed by atoms with Crippen molar-refractivity contribution in [3.63, 3.8) is 0 Å². The highest BCUT2D eigenvalue weighted by atomic mass is 16.5. The summed E-state index contributed by atoms with van der Waals surface area (Å²) in [6.45, 7) is 0.743. The smallest absolute Gasteiger partial charge is 0.302 e. The van der Waals surface area contributed by atoms with E-state index in [-0.39, 0.29) is 6.42 Å². The summed E-state index contributed by atoms with van der Waals surface area (Å²) >= 11 is 0. The monoisotopic (exact) mass is 206 g/mol. The number of ether oxygens (including phenoxy) is 1. The number of hydrogen-bond acceptors (Lipinski definition) is 6. The van der Waals surface area contributed by atoms with E-state index < -0.39 is 30.9 Å². The quantitative estimate of drug-likeness (QED) is 0.350. The molecule has 0 aromatic rings. The Balaban J connectivity index is 3.90. The van der Waals surface area contributed by atoms with Gasteiger partial charge in [-0.1, -0.05) is 0 Å². The number of carbonyl (C=O) groups is 2. The van der Waals surface area contributed by atoms with Gasteiger partial charge in [-0.25, -0.2) is 0 Å². The van der Waals surface area contributed by atoms with Crippen LogP contribution in [0.25, 0.3) is 0 Å². The first kappa shape index (κ1) is 13.0. The largest absolute Gasteiger partial charge is 0.463 e. The summed E-state index contributed by atoms with van der Waals surface area (Å²) < 4.78 is 4.40. The van der Waals surface area contributed by atoms with Gasteiger partial charge in [-0.15, -0.1) is 0 Å². The third-order valence-electron chi connectivity index (χ3n) is 1.58. The van der Waals surface area contributed by atoms with Crippen LogP contribution in [0.5, 0.6) is 0 Å². The number of hydrogen-bond donors (Lipinski definition) is 3. The molecule has 0 bridgehead atoms. The second-order valence-electron chi connectivity index (χ2n) is 2.83. The lowest BCUT2D eigenvalue weighted by molar-refractivity contribution is -0.149. The fourth-order valence-electron chi connectivity index (χ4n) is 0.796. The summed E-state index contributed by atoms with van der Waals surface area (Å²) in [5.74, 6) is -0.596. The van der Waals surface area contributed by atoms with Crippen LogP contribution in [-0.2, 0) is 14.3 Å². The second kappa shape index (κ2) is 6.47. The zero-order valence-electron chi connectivity index (χ0n) is 7.79. The van der Waals surface area contributed by atoms with Crippen LogP contribution < -0.4 is 0 Å². The molecule has 0 saturated carbocycles. The van der Waals surface area contributed by atoms with Gasteiger partial charge >= 0.3 is 5.97 Å². The molecule has 82 valence electrons. The highest BCUT2D eigenvalue weighted by molar-refractivity contribution is 5.65. The van der Waals surface area contributed by atoms with Gasteiger partial charge in [-0.3, -0.25) is 4.79 Å². The Morgan fingerprint density at radius 3 is 2.36 bits per heavy atom. The maximum Gasteiger partial charge on any atom is 0.302 e. The van der Waals surface area contributed by atoms with E-state index in [4.69, 9.17) is 10.2 Å². The molecule has 6 nitrogen and oxygen atoms in total. The van der Waals surface area contributed by atoms with E-state index >= 15 is 0 Å². The second-order valence-corrected chi connectivity index (χ2v) is 2.83. The summed E-state index contributed by atoms with van der Waals surface area (Å²) in [7, 11) is 0. The van der Waals surface area contributed by atoms with Gasteiger partial charge in [0, 0.05) is 13.3 Å². The fourth-order valence-corrected chi connectivity index (χ4v) is 0.796. The molecule has 0 rings (SSSR count). The number of aldehydes is 1. The molecule has 0 aliphatic carbocycles. The molecule has 0 unspecified atom stereocenters. The molecule has 0 saturated heterocycles. The normalized spacial score (nSPS) is 16.9. The first-order valence-corrected chi connectivity index (χ1v) is 4.10. The number of aliphatic hydroxyl groups excluding tert-OH is 3. The minimum absolute atomic E-state index is 0.279. The van der Waals surface area contributed by atoms with Gasteiger partial charge in [0.05, 0.1) is 6.10 Å². The summed E-state index contributed by atoms with van der Waals surface area (Å²) in [6.07, 6.45) is -4.10. The first-order valence-electron chi connectivity index (χ1n) is 4.10. The lowest BCUT2D eigenvalue weighted by atomic mass is 10.1. The van der Waals surface area contributed by atoms with Gasteiger partial charge in [0.2, 0.25) is 0 Å². The molecule has 6 heteroatoms. The molecule has 0 aliphatic heterocycles. The van der Waals surface area contributed by atoms with Crippen LogP contribution in [-0.4, -0.2) is 52.5 Å². The van der Waals surface area contributed by atoms with Gasteiger partial charge in [-0.05, 0) is 0 Å². The molecule has 0 amide bonds. The van der Waals surface area contributed by atoms with Crippen molar-refractivity contribution in [1.29, 1.82) is 0 Å². The van der Waals surface area contributed by atoms with E-state index in [0.29, 0.717) is 6.29 Å². The van der Waals surface area contributed by atoms with Gasteiger partial charge in [0.25, 0.3) is 0 Å². The van der Waals surface area contributed by atoms with Gasteiger partial charge in [0.1, 0.15) is 25.1 Å². The molecular weight excluding hydrogens is 192 g/mol. The summed E-state index contributed by atoms with van der Waals surface area (Å²) in [6, 6.07) is 0. The Bertz CT molecular complexity index is 192. The van der Waals surface area contributed by atoms with Gasteiger partial charge in [0.15, 0.2) is 0 Å². The molecule has 14 heavy (non-hydrogen) atoms. The van der Waals surface area contributed by atoms with Crippen molar-refractivity contribution in [3.05, 3.63) is 0 Å². The van der Waals surface area contributed by atoms with Crippen molar-refractivity contribution in [1.82, 2.24) is 0 Å². The number of esters is 1. The third-order valence-corrected chi connectivity index (χ3v) is 1.58. The van der Waals surface area contributed by atoms with Crippen LogP contribution in [0.2, 0.25) is 0 Å². The van der Waals surface area contributed by atoms with Gasteiger partial charge in [-0.2, -0.15) is 0 Å². The standard InChI is InChI=1S/C8H14O6/c1-5(10)14-4-7(12)8(13)6(11)2-3-9/h3,6-8,11-13H,2,4H2,1H3/t6-,7-,8+/m1/s1. The van der Waals surface area contributed by atoms with Crippen molar-refractivity contribution in [2.24, 2.45) is 0 Å². The van der Waals surface area contributed by atoms with Crippen LogP contribution in [0.4, 0.5) is 0 Å². The van der Waals surface area contributed by atoms with Crippen LogP contribution in [0.15, 0.2) is 0 Å². The summed E-state index contributed by atoms with van der Waals surface area (Å²) in [4.78, 5) is 20.3. The van der Waals surface area contributed by atoms with E-state index in [9.17, 15) is 14.7 Å². The topological polar surface area (TPSA) is 104 Å². The fraction of sp³-hybridized carbons (Fsp3) is 0.750. The first-order chi connectivity index (χ1) is 6.49. The molecular formula is C8H14O6. The highest BCUT2D eigenvalue weighted by Crippen LogP contribution is 2.03. The molecule has 0 spiro atoms. The van der Waals surface area contributed by atoms with Crippen LogP contribution in [0.1, 0.15) is 13.3 Å². The van der Waals surface area contributed by atoms with E-state index in [2.05, 4.69) is 4.74 Å². The molecule has 3 N–H and O–H groups in total. The van der Waals surface area contributed by atoms with Gasteiger partial charge < -0.3 is 24.9 Å². The molecule has 0 fully saturated rings. The summed E-state index contributed by atoms with van der Waals surface area (Å²) in [5.41, 5.74) is 0. The lowest BCUT2D eigenvalue weighted by Gasteiger charge is -2.20. The summed E-state index contributed by atoms with van der Waals surface area (Å²) in [5, 5.41) is 27.4. The Morgan fingerprint density at radius 2 is 1.93 bits per heavy atom. The molecule has 0 aromatic carbocycles. The van der Waals surface area contributed by atoms with E-state index in [1.165, 1.54) is 0 Å². The zero-order chi connectivity index (χ0) is 11.1. The van der Waals surface area contributed by atoms with Crippen molar-refractivity contribution in [2.45, 2.75) is 31.7 Å². The molecule has 0 radical (unpaired) electrons. The van der Waals surface area contributed by atoms with E-state index in [1.54, 1.807) is 0 Å². The Morgan fingerprint density at radius 1 is 1.36 bits per heavy atom. The third kappa shape index (κ3) is 4.90. The predicted molar refractivity (Wildman–Crippen MR) is 45.3 cm³/mol. The SMILES string of the molecule is CC(=O)OC[C@@H](O)[C@@H](O)[C@H](O)CC=O. The minimum atomic E-state index is -1.50. The predicted octanol–water partition coefficient (Wildman–Crippen LogP) is -1.78. The van der Waals surface area contributed by atoms with Crippen molar-refractivity contribution in [2.75, 3.05) is 6.61 Å². The lowest BCUT2D eigenvalue weighted by Crippen LogP contribution is -2.40. The minimum Gasteiger partial charge on any atom is -0.463 e. The number of carbonyl (C=O) groups excluding carboxylic acids is 2. The van der Waals surface area contributed by atoms with E-state index in [0.717, 1.165) is 6.92 Å². The zero-order valence-corrected chi connectivity index (χ0v) is 7.79. The molecule has 0 aliphatic rings. The van der Waals surface area contributed by atoms with E-state index in [1.807, 2.05) is 0 Å². The van der Waals surface area contributed by atoms with Crippen molar-refractivity contribution < 1.29 is 29.6 Å². The number of rotatable bonds is 6. The Hall–Kier alpha value is -0.980. The van der Waals surface area contributed by atoms with Crippen LogP contribution in [0, 0.1) is 0 Å². The van der Waals surface area contributed by atoms with Crippen molar-refractivity contribution >= 4 is 12.3 Å². The maximum atomic E-state index is 10.3. The maximum absolute atomic E-state index is 10.3. The Labute approximate surface area is 81.1 Å². The molecule has 0 heterocycles. The number of aliphatic hydroxyl groups is 3. The average Bonchev–Trinajstić information content (AvgIpc) is 2.13. The average molecular weight is 206 g/mol. The Kier molecular flexibility index (Phi) is 6.02. The molecule has 0 aromatic heterocycles. The van der Waals surface area contributed by atoms with Crippen LogP contribution in [0.3, 0.4) is 0 Å².